The zero-order chi connectivity index (χ0) is 19.8. The van der Waals surface area contributed by atoms with Crippen LogP contribution in [0.15, 0.2) is 0 Å². The highest BCUT2D eigenvalue weighted by molar-refractivity contribution is 5.77. The number of rotatable bonds is 10. The fourth-order valence-electron chi connectivity index (χ4n) is 4.14. The molecule has 0 aromatic carbocycles. The first-order chi connectivity index (χ1) is 12.3. The minimum absolute atomic E-state index is 0.124. The molecule has 1 aliphatic rings. The van der Waals surface area contributed by atoms with Gasteiger partial charge in [0.1, 0.15) is 11.2 Å². The number of esters is 2. The molecule has 1 fully saturated rings. The highest BCUT2D eigenvalue weighted by atomic mass is 16.6. The largest absolute Gasteiger partial charge is 0.459 e. The van der Waals surface area contributed by atoms with Crippen LogP contribution in [0.4, 0.5) is 0 Å². The Labute approximate surface area is 160 Å². The lowest BCUT2D eigenvalue weighted by Crippen LogP contribution is -2.40. The van der Waals surface area contributed by atoms with Crippen molar-refractivity contribution in [2.24, 2.45) is 11.8 Å². The van der Waals surface area contributed by atoms with E-state index in [1.807, 2.05) is 0 Å². The van der Waals surface area contributed by atoms with Crippen LogP contribution < -0.4 is 0 Å². The molecule has 2 unspecified atom stereocenters. The lowest BCUT2D eigenvalue weighted by molar-refractivity contribution is -0.173. The highest BCUT2D eigenvalue weighted by Gasteiger charge is 2.38. The van der Waals surface area contributed by atoms with Gasteiger partial charge in [-0.3, -0.25) is 9.59 Å². The van der Waals surface area contributed by atoms with E-state index in [1.165, 1.54) is 0 Å². The predicted molar refractivity (Wildman–Crippen MR) is 105 cm³/mol. The van der Waals surface area contributed by atoms with E-state index in [0.29, 0.717) is 6.42 Å². The summed E-state index contributed by atoms with van der Waals surface area (Å²) in [6, 6.07) is 0. The van der Waals surface area contributed by atoms with E-state index in [1.54, 1.807) is 0 Å². The van der Waals surface area contributed by atoms with Crippen molar-refractivity contribution in [2.75, 3.05) is 0 Å². The van der Waals surface area contributed by atoms with Gasteiger partial charge in [-0.25, -0.2) is 0 Å². The minimum atomic E-state index is -0.355. The summed E-state index contributed by atoms with van der Waals surface area (Å²) in [5.41, 5.74) is -0.710. The number of carbonyl (C=O) groups is 2. The summed E-state index contributed by atoms with van der Waals surface area (Å²) in [6.45, 7) is 12.4. The molecule has 1 saturated carbocycles. The molecular weight excluding hydrogens is 328 g/mol. The van der Waals surface area contributed by atoms with Gasteiger partial charge in [-0.2, -0.15) is 0 Å². The van der Waals surface area contributed by atoms with Crippen LogP contribution >= 0.6 is 0 Å². The summed E-state index contributed by atoms with van der Waals surface area (Å²) in [7, 11) is 0. The molecule has 1 rings (SSSR count). The first-order valence-corrected chi connectivity index (χ1v) is 10.8. The maximum absolute atomic E-state index is 12.7. The van der Waals surface area contributed by atoms with E-state index >= 15 is 0 Å². The number of hydrogen-bond acceptors (Lipinski definition) is 4. The molecule has 1 aliphatic carbocycles. The normalized spacial score (nSPS) is 21.3. The van der Waals surface area contributed by atoms with Gasteiger partial charge in [-0.1, -0.05) is 48.0 Å². The van der Waals surface area contributed by atoms with E-state index in [2.05, 4.69) is 41.5 Å². The molecule has 0 heterocycles. The lowest BCUT2D eigenvalue weighted by Gasteiger charge is -2.36. The Kier molecular flexibility index (Phi) is 9.12. The van der Waals surface area contributed by atoms with Crippen LogP contribution in [0.2, 0.25) is 0 Å². The fraction of sp³-hybridized carbons (Fsp3) is 0.909. The summed E-state index contributed by atoms with van der Waals surface area (Å²) in [5.74, 6) is -0.601. The van der Waals surface area contributed by atoms with Crippen LogP contribution in [0.3, 0.4) is 0 Å². The molecule has 0 N–H and O–H groups in total. The van der Waals surface area contributed by atoms with Crippen LogP contribution in [0.25, 0.3) is 0 Å². The SMILES string of the molecule is CCC(CC)(CC)OC(=O)C1CCCC(C(=O)OC(CC)(CC)CC)C1. The van der Waals surface area contributed by atoms with Gasteiger partial charge in [-0.05, 0) is 57.8 Å². The summed E-state index contributed by atoms with van der Waals surface area (Å²) >= 11 is 0. The van der Waals surface area contributed by atoms with E-state index in [-0.39, 0.29) is 35.0 Å². The summed E-state index contributed by atoms with van der Waals surface area (Å²) in [5, 5.41) is 0. The molecule has 0 bridgehead atoms. The Morgan fingerprint density at radius 1 is 0.692 bits per heavy atom. The lowest BCUT2D eigenvalue weighted by atomic mass is 9.81. The van der Waals surface area contributed by atoms with Crippen LogP contribution in [0.1, 0.15) is 106 Å². The molecule has 4 nitrogen and oxygen atoms in total. The molecule has 26 heavy (non-hydrogen) atoms. The number of ether oxygens (including phenoxy) is 2. The average Bonchev–Trinajstić information content (AvgIpc) is 2.70. The molecule has 0 aliphatic heterocycles. The van der Waals surface area contributed by atoms with Gasteiger partial charge in [-0.15, -0.1) is 0 Å². The summed E-state index contributed by atoms with van der Waals surface area (Å²) in [4.78, 5) is 25.5. The Morgan fingerprint density at radius 2 is 1.00 bits per heavy atom. The maximum atomic E-state index is 12.7. The van der Waals surface area contributed by atoms with Gasteiger partial charge in [0.05, 0.1) is 11.8 Å². The van der Waals surface area contributed by atoms with E-state index in [4.69, 9.17) is 9.47 Å². The van der Waals surface area contributed by atoms with Crippen molar-refractivity contribution in [3.63, 3.8) is 0 Å². The van der Waals surface area contributed by atoms with Crippen molar-refractivity contribution in [3.8, 4) is 0 Å². The molecule has 0 aromatic rings. The van der Waals surface area contributed by atoms with Gasteiger partial charge < -0.3 is 9.47 Å². The Hall–Kier alpha value is -1.06. The van der Waals surface area contributed by atoms with Gasteiger partial charge in [0.15, 0.2) is 0 Å². The average molecular weight is 369 g/mol. The van der Waals surface area contributed by atoms with Gasteiger partial charge in [0, 0.05) is 0 Å². The highest BCUT2D eigenvalue weighted by Crippen LogP contribution is 2.35. The Morgan fingerprint density at radius 3 is 1.27 bits per heavy atom. The van der Waals surface area contributed by atoms with Crippen molar-refractivity contribution in [1.29, 1.82) is 0 Å². The van der Waals surface area contributed by atoms with Crippen LogP contribution in [0, 0.1) is 11.8 Å². The molecule has 0 amide bonds. The predicted octanol–water partition coefficient (Wildman–Crippen LogP) is 5.82. The van der Waals surface area contributed by atoms with Crippen LogP contribution in [-0.4, -0.2) is 23.1 Å². The topological polar surface area (TPSA) is 52.6 Å². The Bertz CT molecular complexity index is 393. The fourth-order valence-corrected chi connectivity index (χ4v) is 4.14. The molecule has 0 radical (unpaired) electrons. The second-order valence-electron chi connectivity index (χ2n) is 7.89. The zero-order valence-electron chi connectivity index (χ0n) is 17.9. The third-order valence-corrected chi connectivity index (χ3v) is 6.84. The van der Waals surface area contributed by atoms with Gasteiger partial charge in [0.25, 0.3) is 0 Å². The Balaban J connectivity index is 2.74. The number of carbonyl (C=O) groups excluding carboxylic acids is 2. The second-order valence-corrected chi connectivity index (χ2v) is 7.89. The molecule has 2 atom stereocenters. The standard InChI is InChI=1S/C22H40O4/c1-7-21(8-2,9-3)25-19(23)17-14-13-15-18(16-17)20(24)26-22(10-4,11-5)12-6/h17-18H,7-16H2,1-6H3. The smallest absolute Gasteiger partial charge is 0.309 e. The maximum Gasteiger partial charge on any atom is 0.309 e. The van der Waals surface area contributed by atoms with E-state index in [9.17, 15) is 9.59 Å². The van der Waals surface area contributed by atoms with Gasteiger partial charge >= 0.3 is 11.9 Å². The molecule has 0 spiro atoms. The van der Waals surface area contributed by atoms with Crippen LogP contribution in [-0.2, 0) is 19.1 Å². The van der Waals surface area contributed by atoms with Gasteiger partial charge in [0.2, 0.25) is 0 Å². The van der Waals surface area contributed by atoms with Crippen molar-refractivity contribution in [1.82, 2.24) is 0 Å². The third-order valence-electron chi connectivity index (χ3n) is 6.84. The minimum Gasteiger partial charge on any atom is -0.459 e. The molecule has 0 saturated heterocycles. The summed E-state index contributed by atoms with van der Waals surface area (Å²) in [6.07, 6.45) is 8.06. The van der Waals surface area contributed by atoms with Crippen LogP contribution in [0.5, 0.6) is 0 Å². The van der Waals surface area contributed by atoms with E-state index in [0.717, 1.165) is 57.8 Å². The van der Waals surface area contributed by atoms with Crippen molar-refractivity contribution >= 4 is 11.9 Å². The van der Waals surface area contributed by atoms with Crippen molar-refractivity contribution in [3.05, 3.63) is 0 Å². The third kappa shape index (κ3) is 5.47. The first kappa shape index (κ1) is 23.0. The van der Waals surface area contributed by atoms with Crippen molar-refractivity contribution < 1.29 is 19.1 Å². The second kappa shape index (κ2) is 10.3. The molecule has 0 aromatic heterocycles. The monoisotopic (exact) mass is 368 g/mol. The first-order valence-electron chi connectivity index (χ1n) is 10.8. The van der Waals surface area contributed by atoms with Crippen molar-refractivity contribution in [2.45, 2.75) is 117 Å². The molecule has 4 heteroatoms. The summed E-state index contributed by atoms with van der Waals surface area (Å²) < 4.78 is 11.9. The van der Waals surface area contributed by atoms with E-state index < -0.39 is 0 Å². The number of hydrogen-bond donors (Lipinski definition) is 0. The quantitative estimate of drug-likeness (QED) is 0.456. The molecule has 152 valence electrons. The molecular formula is C22H40O4. The zero-order valence-corrected chi connectivity index (χ0v) is 17.9.